The molecule has 1 N–H and O–H groups in total. The monoisotopic (exact) mass is 295 g/mol. The fourth-order valence-corrected chi connectivity index (χ4v) is 2.69. The lowest BCUT2D eigenvalue weighted by Crippen LogP contribution is -2.32. The molecule has 0 bridgehead atoms. The molecule has 0 aliphatic carbocycles. The number of benzene rings is 1. The van der Waals surface area contributed by atoms with Crippen LogP contribution in [0.5, 0.6) is 0 Å². The molecule has 0 aliphatic heterocycles. The Balaban J connectivity index is 2.64. The van der Waals surface area contributed by atoms with Gasteiger partial charge in [-0.3, -0.25) is 0 Å². The van der Waals surface area contributed by atoms with E-state index in [1.165, 1.54) is 6.07 Å². The van der Waals surface area contributed by atoms with E-state index in [2.05, 4.69) is 5.32 Å². The molecule has 1 atom stereocenters. The van der Waals surface area contributed by atoms with Crippen molar-refractivity contribution in [2.45, 2.75) is 25.7 Å². The van der Waals surface area contributed by atoms with Gasteiger partial charge in [0.15, 0.2) is 0 Å². The number of nitrogens with one attached hydrogen (secondary N) is 1. The van der Waals surface area contributed by atoms with Gasteiger partial charge in [-0.1, -0.05) is 18.2 Å². The normalized spacial score (nSPS) is 14.4. The molecule has 0 fully saturated rings. The number of alkyl halides is 3. The molecule has 108 valence electrons. The van der Waals surface area contributed by atoms with Crippen molar-refractivity contribution < 1.29 is 21.6 Å². The predicted octanol–water partition coefficient (Wildman–Crippen LogP) is 2.23. The maximum Gasteiger partial charge on any atom is 0.416 e. The average molecular weight is 295 g/mol. The summed E-state index contributed by atoms with van der Waals surface area (Å²) in [6, 6.07) is 4.64. The third-order valence-corrected chi connectivity index (χ3v) is 3.57. The van der Waals surface area contributed by atoms with Crippen LogP contribution in [0.4, 0.5) is 13.2 Å². The van der Waals surface area contributed by atoms with Gasteiger partial charge in [0.2, 0.25) is 0 Å². The summed E-state index contributed by atoms with van der Waals surface area (Å²) in [5, 5.41) is 2.89. The molecule has 1 rings (SSSR count). The molecule has 3 nitrogen and oxygen atoms in total. The van der Waals surface area contributed by atoms with Gasteiger partial charge < -0.3 is 5.32 Å². The van der Waals surface area contributed by atoms with Crippen molar-refractivity contribution in [3.63, 3.8) is 0 Å². The van der Waals surface area contributed by atoms with Crippen LogP contribution in [0.1, 0.15) is 18.1 Å². The smallest absolute Gasteiger partial charge is 0.309 e. The lowest BCUT2D eigenvalue weighted by Gasteiger charge is -2.14. The molecule has 0 aliphatic rings. The van der Waals surface area contributed by atoms with E-state index in [1.807, 2.05) is 0 Å². The summed E-state index contributed by atoms with van der Waals surface area (Å²) in [7, 11) is -3.10. The summed E-state index contributed by atoms with van der Waals surface area (Å²) in [5.41, 5.74) is -0.238. The zero-order valence-electron chi connectivity index (χ0n) is 10.7. The summed E-state index contributed by atoms with van der Waals surface area (Å²) < 4.78 is 59.6. The minimum absolute atomic E-state index is 0.0496. The average Bonchev–Trinajstić information content (AvgIpc) is 2.23. The van der Waals surface area contributed by atoms with Gasteiger partial charge in [0, 0.05) is 18.8 Å². The highest BCUT2D eigenvalue weighted by atomic mass is 32.2. The first-order chi connectivity index (χ1) is 8.58. The highest BCUT2D eigenvalue weighted by molar-refractivity contribution is 7.90. The van der Waals surface area contributed by atoms with E-state index in [1.54, 1.807) is 13.0 Å². The van der Waals surface area contributed by atoms with E-state index >= 15 is 0 Å². The molecule has 1 unspecified atom stereocenters. The standard InChI is InChI=1S/C12H16F3NO2S/c1-9(8-19(2,17)18)16-7-10-4-3-5-11(6-10)12(13,14)15/h3-6,9,16H,7-8H2,1-2H3. The topological polar surface area (TPSA) is 46.2 Å². The molecule has 0 saturated carbocycles. The van der Waals surface area contributed by atoms with Crippen molar-refractivity contribution >= 4 is 9.84 Å². The van der Waals surface area contributed by atoms with E-state index in [0.29, 0.717) is 5.56 Å². The van der Waals surface area contributed by atoms with Crippen molar-refractivity contribution in [3.8, 4) is 0 Å². The van der Waals surface area contributed by atoms with Gasteiger partial charge in [0.25, 0.3) is 0 Å². The first-order valence-corrected chi connectivity index (χ1v) is 7.71. The summed E-state index contributed by atoms with van der Waals surface area (Å²) in [5.74, 6) is -0.0496. The van der Waals surface area contributed by atoms with Crippen molar-refractivity contribution in [2.24, 2.45) is 0 Å². The summed E-state index contributed by atoms with van der Waals surface area (Å²) in [6.45, 7) is 1.87. The number of hydrogen-bond donors (Lipinski definition) is 1. The van der Waals surface area contributed by atoms with Crippen molar-refractivity contribution in [1.29, 1.82) is 0 Å². The van der Waals surface area contributed by atoms with Crippen LogP contribution in [0.15, 0.2) is 24.3 Å². The fourth-order valence-electron chi connectivity index (χ4n) is 1.66. The molecule has 19 heavy (non-hydrogen) atoms. The molecule has 0 aromatic heterocycles. The van der Waals surface area contributed by atoms with E-state index in [0.717, 1.165) is 18.4 Å². The Morgan fingerprint density at radius 1 is 1.32 bits per heavy atom. The Labute approximate surface area is 110 Å². The quantitative estimate of drug-likeness (QED) is 0.906. The fraction of sp³-hybridized carbons (Fsp3) is 0.500. The second-order valence-corrected chi connectivity index (χ2v) is 6.76. The zero-order chi connectivity index (χ0) is 14.7. The van der Waals surface area contributed by atoms with Crippen molar-refractivity contribution in [1.82, 2.24) is 5.32 Å². The Morgan fingerprint density at radius 2 is 1.95 bits per heavy atom. The number of rotatable bonds is 5. The lowest BCUT2D eigenvalue weighted by atomic mass is 10.1. The largest absolute Gasteiger partial charge is 0.416 e. The maximum absolute atomic E-state index is 12.5. The van der Waals surface area contributed by atoms with Gasteiger partial charge in [-0.25, -0.2) is 8.42 Å². The van der Waals surface area contributed by atoms with Crippen LogP contribution in [-0.2, 0) is 22.6 Å². The van der Waals surface area contributed by atoms with E-state index in [9.17, 15) is 21.6 Å². The molecule has 0 spiro atoms. The van der Waals surface area contributed by atoms with Crippen LogP contribution in [0.2, 0.25) is 0 Å². The van der Waals surface area contributed by atoms with Gasteiger partial charge >= 0.3 is 6.18 Å². The van der Waals surface area contributed by atoms with Gasteiger partial charge in [0.1, 0.15) is 9.84 Å². The van der Waals surface area contributed by atoms with Gasteiger partial charge in [-0.05, 0) is 18.6 Å². The van der Waals surface area contributed by atoms with Gasteiger partial charge in [-0.2, -0.15) is 13.2 Å². The number of hydrogen-bond acceptors (Lipinski definition) is 3. The Hall–Kier alpha value is -1.08. The molecule has 1 aromatic carbocycles. The van der Waals surface area contributed by atoms with Gasteiger partial charge in [0.05, 0.1) is 11.3 Å². The molecule has 7 heteroatoms. The maximum atomic E-state index is 12.5. The Morgan fingerprint density at radius 3 is 2.47 bits per heavy atom. The van der Waals surface area contributed by atoms with Crippen LogP contribution in [-0.4, -0.2) is 26.5 Å². The first kappa shape index (κ1) is 16.0. The third kappa shape index (κ3) is 6.07. The second kappa shape index (κ2) is 5.92. The van der Waals surface area contributed by atoms with Crippen LogP contribution < -0.4 is 5.32 Å². The summed E-state index contributed by atoms with van der Waals surface area (Å²) >= 11 is 0. The molecular weight excluding hydrogens is 279 g/mol. The van der Waals surface area contributed by atoms with Crippen LogP contribution in [0.25, 0.3) is 0 Å². The first-order valence-electron chi connectivity index (χ1n) is 5.65. The van der Waals surface area contributed by atoms with Crippen LogP contribution in [0, 0.1) is 0 Å². The highest BCUT2D eigenvalue weighted by Crippen LogP contribution is 2.29. The van der Waals surface area contributed by atoms with E-state index in [-0.39, 0.29) is 18.3 Å². The Bertz CT molecular complexity index is 526. The third-order valence-electron chi connectivity index (χ3n) is 2.46. The highest BCUT2D eigenvalue weighted by Gasteiger charge is 2.30. The minimum atomic E-state index is -4.37. The van der Waals surface area contributed by atoms with Crippen molar-refractivity contribution in [2.75, 3.05) is 12.0 Å². The molecule has 0 heterocycles. The van der Waals surface area contributed by atoms with Crippen LogP contribution in [0.3, 0.4) is 0 Å². The van der Waals surface area contributed by atoms with Gasteiger partial charge in [-0.15, -0.1) is 0 Å². The molecule has 1 aromatic rings. The summed E-state index contributed by atoms with van der Waals surface area (Å²) in [6.07, 6.45) is -3.25. The van der Waals surface area contributed by atoms with E-state index < -0.39 is 21.6 Å². The molecular formula is C12H16F3NO2S. The molecule has 0 saturated heterocycles. The predicted molar refractivity (Wildman–Crippen MR) is 67.5 cm³/mol. The van der Waals surface area contributed by atoms with Crippen molar-refractivity contribution in [3.05, 3.63) is 35.4 Å². The molecule has 0 radical (unpaired) electrons. The SMILES string of the molecule is CC(CS(C)(=O)=O)NCc1cccc(C(F)(F)F)c1. The Kier molecular flexibility index (Phi) is 4.98. The number of halogens is 3. The lowest BCUT2D eigenvalue weighted by molar-refractivity contribution is -0.137. The summed E-state index contributed by atoms with van der Waals surface area (Å²) in [4.78, 5) is 0. The minimum Gasteiger partial charge on any atom is -0.309 e. The van der Waals surface area contributed by atoms with Crippen LogP contribution >= 0.6 is 0 Å². The number of sulfone groups is 1. The molecule has 0 amide bonds. The zero-order valence-corrected chi connectivity index (χ0v) is 11.5. The second-order valence-electron chi connectivity index (χ2n) is 4.57. The van der Waals surface area contributed by atoms with E-state index in [4.69, 9.17) is 0 Å².